The van der Waals surface area contributed by atoms with Crippen LogP contribution in [0.1, 0.15) is 50.6 Å². The second kappa shape index (κ2) is 8.31. The second-order valence-electron chi connectivity index (χ2n) is 7.66. The van der Waals surface area contributed by atoms with E-state index in [4.69, 9.17) is 0 Å². The van der Waals surface area contributed by atoms with Crippen LogP contribution in [0.4, 0.5) is 8.78 Å². The van der Waals surface area contributed by atoms with Crippen molar-refractivity contribution in [3.63, 3.8) is 0 Å². The van der Waals surface area contributed by atoms with Gasteiger partial charge in [-0.25, -0.2) is 27.2 Å². The van der Waals surface area contributed by atoms with E-state index in [-0.39, 0.29) is 16.9 Å². The molecule has 1 fully saturated rings. The summed E-state index contributed by atoms with van der Waals surface area (Å²) in [6.45, 7) is 4.86. The predicted molar refractivity (Wildman–Crippen MR) is 102 cm³/mol. The Morgan fingerprint density at radius 2 is 1.90 bits per heavy atom. The van der Waals surface area contributed by atoms with Crippen LogP contribution in [0.15, 0.2) is 28.4 Å². The van der Waals surface area contributed by atoms with Gasteiger partial charge in [-0.15, -0.1) is 0 Å². The maximum absolute atomic E-state index is 12.9. The number of aryl methyl sites for hydroxylation is 1. The SMILES string of the molecule is CC(C)c1nc(S(=O)(=O)N2CCC(Cn3cnc(C(F)F)cc3=O)CC2)cn1C. The van der Waals surface area contributed by atoms with Crippen LogP contribution < -0.4 is 5.56 Å². The molecule has 1 aliphatic rings. The average Bonchev–Trinajstić information content (AvgIpc) is 3.06. The van der Waals surface area contributed by atoms with Gasteiger partial charge in [-0.1, -0.05) is 13.8 Å². The van der Waals surface area contributed by atoms with Gasteiger partial charge in [-0.2, -0.15) is 4.31 Å². The fraction of sp³-hybridized carbons (Fsp3) is 0.611. The van der Waals surface area contributed by atoms with Gasteiger partial charge < -0.3 is 4.57 Å². The molecule has 0 aliphatic carbocycles. The molecule has 29 heavy (non-hydrogen) atoms. The Labute approximate surface area is 168 Å². The lowest BCUT2D eigenvalue weighted by Crippen LogP contribution is -2.40. The van der Waals surface area contributed by atoms with Crippen molar-refractivity contribution in [2.45, 2.75) is 50.6 Å². The number of sulfonamides is 1. The Balaban J connectivity index is 1.66. The summed E-state index contributed by atoms with van der Waals surface area (Å²) < 4.78 is 55.5. The van der Waals surface area contributed by atoms with E-state index in [2.05, 4.69) is 9.97 Å². The minimum absolute atomic E-state index is 0.0464. The van der Waals surface area contributed by atoms with Gasteiger partial charge >= 0.3 is 0 Å². The molecule has 1 saturated heterocycles. The summed E-state index contributed by atoms with van der Waals surface area (Å²) in [4.78, 5) is 19.9. The van der Waals surface area contributed by atoms with Gasteiger partial charge in [0.1, 0.15) is 11.5 Å². The van der Waals surface area contributed by atoms with Crippen molar-refractivity contribution in [1.29, 1.82) is 0 Å². The first kappa shape index (κ1) is 21.6. The number of piperidine rings is 1. The van der Waals surface area contributed by atoms with Crippen molar-refractivity contribution in [2.75, 3.05) is 13.1 Å². The summed E-state index contributed by atoms with van der Waals surface area (Å²) in [5.41, 5.74) is -1.07. The van der Waals surface area contributed by atoms with Crippen LogP contribution in [-0.2, 0) is 23.6 Å². The fourth-order valence-corrected chi connectivity index (χ4v) is 5.01. The van der Waals surface area contributed by atoms with Gasteiger partial charge in [0.25, 0.3) is 22.0 Å². The van der Waals surface area contributed by atoms with Gasteiger partial charge in [0.2, 0.25) is 0 Å². The molecule has 8 nitrogen and oxygen atoms in total. The third-order valence-corrected chi connectivity index (χ3v) is 6.93. The number of hydrogen-bond donors (Lipinski definition) is 0. The summed E-state index contributed by atoms with van der Waals surface area (Å²) in [5.74, 6) is 0.879. The molecule has 0 bridgehead atoms. The number of nitrogens with zero attached hydrogens (tertiary/aromatic N) is 5. The molecular weight excluding hydrogens is 404 g/mol. The molecule has 0 saturated carbocycles. The van der Waals surface area contributed by atoms with Crippen LogP contribution in [0.2, 0.25) is 0 Å². The summed E-state index contributed by atoms with van der Waals surface area (Å²) in [7, 11) is -1.90. The quantitative estimate of drug-likeness (QED) is 0.702. The molecule has 0 spiro atoms. The van der Waals surface area contributed by atoms with Crippen molar-refractivity contribution in [3.8, 4) is 0 Å². The van der Waals surface area contributed by atoms with Crippen LogP contribution >= 0.6 is 0 Å². The number of alkyl halides is 2. The number of hydrogen-bond acceptors (Lipinski definition) is 5. The molecule has 2 aromatic rings. The van der Waals surface area contributed by atoms with E-state index in [1.54, 1.807) is 11.6 Å². The zero-order valence-electron chi connectivity index (χ0n) is 16.6. The predicted octanol–water partition coefficient (Wildman–Crippen LogP) is 2.14. The monoisotopic (exact) mass is 429 g/mol. The number of aromatic nitrogens is 4. The van der Waals surface area contributed by atoms with Crippen LogP contribution in [0.3, 0.4) is 0 Å². The third-order valence-electron chi connectivity index (χ3n) is 5.16. The van der Waals surface area contributed by atoms with E-state index >= 15 is 0 Å². The third kappa shape index (κ3) is 4.55. The van der Waals surface area contributed by atoms with Crippen molar-refractivity contribution in [1.82, 2.24) is 23.4 Å². The lowest BCUT2D eigenvalue weighted by molar-refractivity contribution is 0.145. The van der Waals surface area contributed by atoms with E-state index in [0.29, 0.717) is 38.3 Å². The first-order valence-electron chi connectivity index (χ1n) is 9.47. The van der Waals surface area contributed by atoms with Crippen LogP contribution in [-0.4, -0.2) is 44.9 Å². The first-order valence-corrected chi connectivity index (χ1v) is 10.9. The van der Waals surface area contributed by atoms with Crippen molar-refractivity contribution in [3.05, 3.63) is 40.5 Å². The molecule has 160 valence electrons. The van der Waals surface area contributed by atoms with E-state index < -0.39 is 27.7 Å². The normalized spacial score (nSPS) is 16.8. The molecule has 3 heterocycles. The van der Waals surface area contributed by atoms with Crippen molar-refractivity contribution >= 4 is 10.0 Å². The highest BCUT2D eigenvalue weighted by Gasteiger charge is 2.32. The zero-order valence-corrected chi connectivity index (χ0v) is 17.4. The molecule has 11 heteroatoms. The highest BCUT2D eigenvalue weighted by molar-refractivity contribution is 7.89. The molecule has 0 amide bonds. The Kier molecular flexibility index (Phi) is 6.18. The maximum Gasteiger partial charge on any atom is 0.280 e. The number of imidazole rings is 1. The van der Waals surface area contributed by atoms with Gasteiger partial charge in [0.15, 0.2) is 5.03 Å². The summed E-state index contributed by atoms with van der Waals surface area (Å²) in [5, 5.41) is 0.0464. The minimum Gasteiger partial charge on any atom is -0.336 e. The first-order chi connectivity index (χ1) is 13.6. The molecule has 0 aromatic carbocycles. The van der Waals surface area contributed by atoms with E-state index in [9.17, 15) is 22.0 Å². The fourth-order valence-electron chi connectivity index (χ4n) is 3.55. The van der Waals surface area contributed by atoms with E-state index in [0.717, 1.165) is 12.4 Å². The summed E-state index contributed by atoms with van der Waals surface area (Å²) in [6, 6.07) is 0.845. The molecule has 2 aromatic heterocycles. The van der Waals surface area contributed by atoms with E-state index in [1.807, 2.05) is 13.8 Å². The van der Waals surface area contributed by atoms with Gasteiger partial charge in [0, 0.05) is 44.9 Å². The van der Waals surface area contributed by atoms with E-state index in [1.165, 1.54) is 15.1 Å². The smallest absolute Gasteiger partial charge is 0.280 e. The van der Waals surface area contributed by atoms with Gasteiger partial charge in [0.05, 0.1) is 6.33 Å². The molecule has 3 rings (SSSR count). The second-order valence-corrected chi connectivity index (χ2v) is 9.54. The standard InChI is InChI=1S/C18H25F2N5O3S/c1-12(2)18-22-15(10-23(18)3)29(27,28)25-6-4-13(5-7-25)9-24-11-21-14(17(19)20)8-16(24)26/h8,10-13,17H,4-7,9H2,1-3H3. The summed E-state index contributed by atoms with van der Waals surface area (Å²) >= 11 is 0. The van der Waals surface area contributed by atoms with Crippen LogP contribution in [0.5, 0.6) is 0 Å². The Morgan fingerprint density at radius 3 is 2.41 bits per heavy atom. The highest BCUT2D eigenvalue weighted by Crippen LogP contribution is 2.25. The molecule has 1 aliphatic heterocycles. The molecule has 0 unspecified atom stereocenters. The van der Waals surface area contributed by atoms with Crippen LogP contribution in [0, 0.1) is 5.92 Å². The highest BCUT2D eigenvalue weighted by atomic mass is 32.2. The maximum atomic E-state index is 12.9. The van der Waals surface area contributed by atoms with Crippen molar-refractivity contribution in [2.24, 2.45) is 13.0 Å². The molecular formula is C18H25F2N5O3S. The number of halogens is 2. The Bertz CT molecular complexity index is 1020. The topological polar surface area (TPSA) is 90.1 Å². The molecule has 0 N–H and O–H groups in total. The Hall–Kier alpha value is -2.14. The van der Waals surface area contributed by atoms with Crippen LogP contribution in [0.25, 0.3) is 0 Å². The molecule has 0 atom stereocenters. The number of rotatable bonds is 6. The lowest BCUT2D eigenvalue weighted by atomic mass is 9.98. The minimum atomic E-state index is -3.68. The lowest BCUT2D eigenvalue weighted by Gasteiger charge is -2.30. The Morgan fingerprint density at radius 1 is 1.24 bits per heavy atom. The molecule has 0 radical (unpaired) electrons. The van der Waals surface area contributed by atoms with Gasteiger partial charge in [-0.05, 0) is 18.8 Å². The van der Waals surface area contributed by atoms with Crippen molar-refractivity contribution < 1.29 is 17.2 Å². The largest absolute Gasteiger partial charge is 0.336 e. The zero-order chi connectivity index (χ0) is 21.3. The van der Waals surface area contributed by atoms with Gasteiger partial charge in [-0.3, -0.25) is 9.36 Å². The average molecular weight is 429 g/mol. The summed E-state index contributed by atoms with van der Waals surface area (Å²) in [6.07, 6.45) is 1.01.